The Morgan fingerprint density at radius 3 is 2.47 bits per heavy atom. The molecule has 0 aliphatic rings. The van der Waals surface area contributed by atoms with Gasteiger partial charge in [0, 0.05) is 17.7 Å². The number of methoxy groups -OCH3 is 1. The van der Waals surface area contributed by atoms with Gasteiger partial charge in [-0.15, -0.1) is 0 Å². The highest BCUT2D eigenvalue weighted by Crippen LogP contribution is 2.36. The molecule has 3 aromatic carbocycles. The number of esters is 1. The molecule has 0 heterocycles. The largest absolute Gasteiger partial charge is 0.493 e. The van der Waals surface area contributed by atoms with Gasteiger partial charge in [-0.3, -0.25) is 14.9 Å². The van der Waals surface area contributed by atoms with Gasteiger partial charge in [0.15, 0.2) is 11.5 Å². The summed E-state index contributed by atoms with van der Waals surface area (Å²) < 4.78 is 11.2. The molecule has 3 rings (SSSR count). The first-order chi connectivity index (χ1) is 15.4. The van der Waals surface area contributed by atoms with Gasteiger partial charge >= 0.3 is 5.97 Å². The summed E-state index contributed by atoms with van der Waals surface area (Å²) in [6.45, 7) is 0. The van der Waals surface area contributed by atoms with E-state index >= 15 is 0 Å². The van der Waals surface area contributed by atoms with Crippen LogP contribution < -0.4 is 14.9 Å². The molecule has 0 aliphatic heterocycles. The third-order valence-electron chi connectivity index (χ3n) is 4.15. The molecule has 0 aliphatic carbocycles. The fraction of sp³-hybridized carbons (Fsp3) is 0.0455. The Balaban J connectivity index is 1.73. The van der Waals surface area contributed by atoms with Crippen molar-refractivity contribution in [3.63, 3.8) is 0 Å². The van der Waals surface area contributed by atoms with Crippen molar-refractivity contribution >= 4 is 39.7 Å². The second-order valence-electron chi connectivity index (χ2n) is 6.30. The molecule has 9 nitrogen and oxygen atoms in total. The van der Waals surface area contributed by atoms with Gasteiger partial charge in [0.05, 0.1) is 28.3 Å². The van der Waals surface area contributed by atoms with Gasteiger partial charge in [-0.2, -0.15) is 5.10 Å². The highest BCUT2D eigenvalue weighted by atomic mass is 79.9. The monoisotopic (exact) mass is 497 g/mol. The molecule has 1 amide bonds. The number of ether oxygens (including phenoxy) is 2. The number of nitrogens with zero attached hydrogens (tertiary/aromatic N) is 2. The summed E-state index contributed by atoms with van der Waals surface area (Å²) in [5.41, 5.74) is 3.12. The Morgan fingerprint density at radius 1 is 1.06 bits per heavy atom. The van der Waals surface area contributed by atoms with E-state index in [1.807, 2.05) is 0 Å². The topological polar surface area (TPSA) is 120 Å². The molecule has 1 N–H and O–H groups in total. The van der Waals surface area contributed by atoms with Crippen LogP contribution in [-0.2, 0) is 0 Å². The van der Waals surface area contributed by atoms with Gasteiger partial charge in [-0.05, 0) is 51.8 Å². The fourth-order valence-electron chi connectivity index (χ4n) is 2.63. The first kappa shape index (κ1) is 22.6. The number of nitro groups is 1. The number of hydrogen-bond donors (Lipinski definition) is 1. The van der Waals surface area contributed by atoms with Crippen LogP contribution in [0.4, 0.5) is 5.69 Å². The molecular formula is C22H16BrN3O6. The van der Waals surface area contributed by atoms with Crippen LogP contribution in [0, 0.1) is 10.1 Å². The van der Waals surface area contributed by atoms with Gasteiger partial charge in [0.2, 0.25) is 0 Å². The molecule has 0 aromatic heterocycles. The molecule has 0 saturated heterocycles. The van der Waals surface area contributed by atoms with E-state index in [0.717, 1.165) is 6.07 Å². The van der Waals surface area contributed by atoms with Crippen LogP contribution in [0.5, 0.6) is 11.5 Å². The molecule has 10 heteroatoms. The van der Waals surface area contributed by atoms with Crippen LogP contribution in [0.2, 0.25) is 0 Å². The van der Waals surface area contributed by atoms with E-state index < -0.39 is 16.8 Å². The fourth-order valence-corrected chi connectivity index (χ4v) is 3.17. The smallest absolute Gasteiger partial charge is 0.343 e. The Labute approximate surface area is 190 Å². The lowest BCUT2D eigenvalue weighted by molar-refractivity contribution is -0.384. The highest BCUT2D eigenvalue weighted by Gasteiger charge is 2.17. The normalized spacial score (nSPS) is 10.6. The number of carbonyl (C=O) groups excluding carboxylic acids is 2. The standard InChI is InChI=1S/C22H16BrN3O6/c1-31-19-11-14(10-18(23)20(19)32-22(28)15-6-3-2-4-7-15)13-24-25-21(27)16-8-5-9-17(12-16)26(29)30/h2-13H,1H3,(H,25,27)/b24-13+. The van der Waals surface area contributed by atoms with E-state index in [9.17, 15) is 19.7 Å². The van der Waals surface area contributed by atoms with Crippen LogP contribution in [0.1, 0.15) is 26.3 Å². The number of non-ortho nitro benzene ring substituents is 1. The summed E-state index contributed by atoms with van der Waals surface area (Å²) in [6, 6.07) is 17.0. The minimum atomic E-state index is -0.607. The lowest BCUT2D eigenvalue weighted by Gasteiger charge is -2.12. The molecule has 0 bridgehead atoms. The maximum atomic E-state index is 12.4. The number of rotatable bonds is 7. The van der Waals surface area contributed by atoms with Gasteiger partial charge < -0.3 is 9.47 Å². The van der Waals surface area contributed by atoms with E-state index in [-0.39, 0.29) is 22.7 Å². The lowest BCUT2D eigenvalue weighted by atomic mass is 10.2. The lowest BCUT2D eigenvalue weighted by Crippen LogP contribution is -2.17. The van der Waals surface area contributed by atoms with Crippen LogP contribution >= 0.6 is 15.9 Å². The van der Waals surface area contributed by atoms with E-state index in [2.05, 4.69) is 26.5 Å². The van der Waals surface area contributed by atoms with Crippen molar-refractivity contribution < 1.29 is 24.0 Å². The summed E-state index contributed by atoms with van der Waals surface area (Å²) in [5, 5.41) is 14.7. The van der Waals surface area contributed by atoms with E-state index in [4.69, 9.17) is 9.47 Å². The predicted molar refractivity (Wildman–Crippen MR) is 120 cm³/mol. The van der Waals surface area contributed by atoms with Crippen LogP contribution in [0.15, 0.2) is 76.3 Å². The van der Waals surface area contributed by atoms with Crippen molar-refractivity contribution in [1.29, 1.82) is 0 Å². The van der Waals surface area contributed by atoms with E-state index in [1.165, 1.54) is 31.5 Å². The number of halogens is 1. The highest BCUT2D eigenvalue weighted by molar-refractivity contribution is 9.10. The van der Waals surface area contributed by atoms with Crippen molar-refractivity contribution in [2.45, 2.75) is 0 Å². The van der Waals surface area contributed by atoms with Crippen LogP contribution in [-0.4, -0.2) is 30.1 Å². The molecule has 0 radical (unpaired) electrons. The third-order valence-corrected chi connectivity index (χ3v) is 4.74. The Hall–Kier alpha value is -4.05. The first-order valence-electron chi connectivity index (χ1n) is 9.11. The number of hydrazone groups is 1. The Bertz CT molecular complexity index is 1200. The number of hydrogen-bond acceptors (Lipinski definition) is 7. The molecule has 0 spiro atoms. The number of nitro benzene ring substituents is 1. The van der Waals surface area contributed by atoms with Crippen molar-refractivity contribution in [1.82, 2.24) is 5.43 Å². The van der Waals surface area contributed by atoms with E-state index in [1.54, 1.807) is 42.5 Å². The minimum absolute atomic E-state index is 0.0956. The van der Waals surface area contributed by atoms with Crippen LogP contribution in [0.3, 0.4) is 0 Å². The zero-order valence-electron chi connectivity index (χ0n) is 16.7. The maximum Gasteiger partial charge on any atom is 0.343 e. The number of amides is 1. The number of nitrogens with one attached hydrogen (secondary N) is 1. The summed E-state index contributed by atoms with van der Waals surface area (Å²) in [4.78, 5) is 34.8. The predicted octanol–water partition coefficient (Wildman–Crippen LogP) is 4.35. The first-order valence-corrected chi connectivity index (χ1v) is 9.91. The number of benzene rings is 3. The van der Waals surface area contributed by atoms with Crippen molar-refractivity contribution in [2.75, 3.05) is 7.11 Å². The van der Waals surface area contributed by atoms with E-state index in [0.29, 0.717) is 15.6 Å². The molecule has 32 heavy (non-hydrogen) atoms. The summed E-state index contributed by atoms with van der Waals surface area (Å²) in [7, 11) is 1.42. The molecule has 0 fully saturated rings. The van der Waals surface area contributed by atoms with Gasteiger partial charge in [-0.1, -0.05) is 24.3 Å². The Kier molecular flexibility index (Phi) is 7.29. The molecule has 162 valence electrons. The van der Waals surface area contributed by atoms with Crippen molar-refractivity contribution in [3.05, 3.63) is 98.0 Å². The Morgan fingerprint density at radius 2 is 1.78 bits per heavy atom. The van der Waals surface area contributed by atoms with Gasteiger partial charge in [-0.25, -0.2) is 10.2 Å². The summed E-state index contributed by atoms with van der Waals surface area (Å²) in [5.74, 6) is -0.686. The third kappa shape index (κ3) is 5.55. The maximum absolute atomic E-state index is 12.4. The zero-order valence-corrected chi connectivity index (χ0v) is 18.2. The minimum Gasteiger partial charge on any atom is -0.493 e. The summed E-state index contributed by atoms with van der Waals surface area (Å²) in [6.07, 6.45) is 1.35. The van der Waals surface area contributed by atoms with Crippen LogP contribution in [0.25, 0.3) is 0 Å². The molecule has 3 aromatic rings. The number of carbonyl (C=O) groups is 2. The second-order valence-corrected chi connectivity index (χ2v) is 7.15. The second kappa shape index (κ2) is 10.3. The van der Waals surface area contributed by atoms with Crippen molar-refractivity contribution in [2.24, 2.45) is 5.10 Å². The van der Waals surface area contributed by atoms with Crippen molar-refractivity contribution in [3.8, 4) is 11.5 Å². The molecular weight excluding hydrogens is 482 g/mol. The SMILES string of the molecule is COc1cc(/C=N/NC(=O)c2cccc([N+](=O)[O-])c2)cc(Br)c1OC(=O)c1ccccc1. The molecule has 0 saturated carbocycles. The summed E-state index contributed by atoms with van der Waals surface area (Å²) >= 11 is 3.35. The average molecular weight is 498 g/mol. The zero-order chi connectivity index (χ0) is 23.1. The molecule has 0 atom stereocenters. The van der Waals surface area contributed by atoms with Gasteiger partial charge in [0.25, 0.3) is 11.6 Å². The quantitative estimate of drug-likeness (QED) is 0.170. The van der Waals surface area contributed by atoms with Gasteiger partial charge in [0.1, 0.15) is 0 Å². The molecule has 0 unspecified atom stereocenters. The average Bonchev–Trinajstić information content (AvgIpc) is 2.81.